The molecule has 1 aromatic carbocycles. The molecule has 2 amide bonds. The second kappa shape index (κ2) is 6.63. The Kier molecular flexibility index (Phi) is 4.85. The lowest BCUT2D eigenvalue weighted by Crippen LogP contribution is -2.33. The number of nitrogens with one attached hydrogen (secondary N) is 1. The van der Waals surface area contributed by atoms with Crippen LogP contribution in [-0.2, 0) is 7.05 Å². The van der Waals surface area contributed by atoms with Crippen molar-refractivity contribution in [2.24, 2.45) is 12.8 Å². The average Bonchev–Trinajstić information content (AvgIpc) is 2.76. The molecule has 0 saturated heterocycles. The van der Waals surface area contributed by atoms with Crippen LogP contribution < -0.4 is 11.1 Å². The number of fused-ring (bicyclic) bond motifs is 1. The molecule has 21 heavy (non-hydrogen) atoms. The Labute approximate surface area is 125 Å². The molecule has 1 heterocycles. The molecule has 1 atom stereocenters. The molecule has 0 aliphatic carbocycles. The number of primary amides is 1. The second-order valence-corrected chi connectivity index (χ2v) is 5.75. The van der Waals surface area contributed by atoms with Gasteiger partial charge >= 0.3 is 6.03 Å². The van der Waals surface area contributed by atoms with Crippen molar-refractivity contribution in [3.63, 3.8) is 0 Å². The van der Waals surface area contributed by atoms with E-state index in [9.17, 15) is 4.79 Å². The zero-order valence-electron chi connectivity index (χ0n) is 13.0. The third-order valence-electron chi connectivity index (χ3n) is 3.82. The summed E-state index contributed by atoms with van der Waals surface area (Å²) < 4.78 is 2.14. The fraction of sp³-hybridized carbons (Fsp3) is 0.438. The number of urea groups is 1. The largest absolute Gasteiger partial charge is 0.352 e. The fourth-order valence-electron chi connectivity index (χ4n) is 2.70. The van der Waals surface area contributed by atoms with E-state index in [2.05, 4.69) is 60.3 Å². The van der Waals surface area contributed by atoms with E-state index in [0.717, 1.165) is 13.0 Å². The zero-order valence-corrected chi connectivity index (χ0v) is 13.0. The average molecular weight is 288 g/mol. The number of nitrogens with two attached hydrogens (primary N) is 1. The summed E-state index contributed by atoms with van der Waals surface area (Å²) in [5.74, 6) is 0.256. The number of aryl methyl sites for hydroxylation is 1. The smallest absolute Gasteiger partial charge is 0.312 e. The monoisotopic (exact) mass is 288 g/mol. The van der Waals surface area contributed by atoms with Crippen molar-refractivity contribution in [2.45, 2.75) is 12.3 Å². The minimum absolute atomic E-state index is 0.256. The summed E-state index contributed by atoms with van der Waals surface area (Å²) in [6, 6.07) is 7.88. The van der Waals surface area contributed by atoms with E-state index in [1.165, 1.54) is 16.5 Å². The molecule has 0 bridgehead atoms. The number of hydrogen-bond donors (Lipinski definition) is 2. The maximum atomic E-state index is 11.0. The molecule has 0 fully saturated rings. The number of aromatic nitrogens is 1. The Bertz CT molecular complexity index is 618. The van der Waals surface area contributed by atoms with Gasteiger partial charge in [0.1, 0.15) is 0 Å². The molecule has 0 aliphatic heterocycles. The van der Waals surface area contributed by atoms with Gasteiger partial charge in [-0.05, 0) is 38.7 Å². The summed E-state index contributed by atoms with van der Waals surface area (Å²) in [6.07, 6.45) is 3.13. The predicted molar refractivity (Wildman–Crippen MR) is 86.4 cm³/mol. The van der Waals surface area contributed by atoms with Crippen LogP contribution in [0.25, 0.3) is 10.9 Å². The third-order valence-corrected chi connectivity index (χ3v) is 3.82. The first-order valence-corrected chi connectivity index (χ1v) is 7.21. The van der Waals surface area contributed by atoms with Gasteiger partial charge in [0.15, 0.2) is 0 Å². The lowest BCUT2D eigenvalue weighted by molar-refractivity contribution is 0.247. The summed E-state index contributed by atoms with van der Waals surface area (Å²) in [4.78, 5) is 13.2. The highest BCUT2D eigenvalue weighted by atomic mass is 16.2. The van der Waals surface area contributed by atoms with Gasteiger partial charge in [-0.1, -0.05) is 18.2 Å². The van der Waals surface area contributed by atoms with Gasteiger partial charge in [-0.3, -0.25) is 0 Å². The minimum atomic E-state index is -0.468. The Balaban J connectivity index is 2.30. The number of benzene rings is 1. The Morgan fingerprint density at radius 2 is 2.10 bits per heavy atom. The Morgan fingerprint density at radius 1 is 1.38 bits per heavy atom. The molecule has 5 nitrogen and oxygen atoms in total. The summed E-state index contributed by atoms with van der Waals surface area (Å²) in [7, 11) is 6.17. The molecule has 0 radical (unpaired) electrons. The lowest BCUT2D eigenvalue weighted by Gasteiger charge is -2.19. The van der Waals surface area contributed by atoms with E-state index in [4.69, 9.17) is 5.73 Å². The molecule has 0 saturated carbocycles. The van der Waals surface area contributed by atoms with Gasteiger partial charge in [0, 0.05) is 36.6 Å². The molecule has 1 unspecified atom stereocenters. The van der Waals surface area contributed by atoms with Crippen LogP contribution in [0.15, 0.2) is 30.5 Å². The highest BCUT2D eigenvalue weighted by molar-refractivity contribution is 5.84. The molecule has 3 N–H and O–H groups in total. The lowest BCUT2D eigenvalue weighted by atomic mass is 9.95. The van der Waals surface area contributed by atoms with Gasteiger partial charge in [-0.2, -0.15) is 0 Å². The summed E-state index contributed by atoms with van der Waals surface area (Å²) in [5, 5.41) is 4.00. The number of nitrogens with zero attached hydrogens (tertiary/aromatic N) is 2. The maximum Gasteiger partial charge on any atom is 0.312 e. The van der Waals surface area contributed by atoms with E-state index in [1.54, 1.807) is 0 Å². The fourth-order valence-corrected chi connectivity index (χ4v) is 2.70. The van der Waals surface area contributed by atoms with Gasteiger partial charge in [0.25, 0.3) is 0 Å². The van der Waals surface area contributed by atoms with Crippen LogP contribution in [-0.4, -0.2) is 42.7 Å². The van der Waals surface area contributed by atoms with E-state index in [0.29, 0.717) is 6.54 Å². The van der Waals surface area contributed by atoms with Crippen molar-refractivity contribution in [3.8, 4) is 0 Å². The van der Waals surface area contributed by atoms with Crippen molar-refractivity contribution in [2.75, 3.05) is 27.2 Å². The van der Waals surface area contributed by atoms with Gasteiger partial charge in [-0.25, -0.2) is 4.79 Å². The van der Waals surface area contributed by atoms with Crippen molar-refractivity contribution in [3.05, 3.63) is 36.0 Å². The van der Waals surface area contributed by atoms with Crippen molar-refractivity contribution in [1.82, 2.24) is 14.8 Å². The van der Waals surface area contributed by atoms with Crippen LogP contribution in [0.1, 0.15) is 17.9 Å². The normalized spacial score (nSPS) is 12.8. The molecular weight excluding hydrogens is 264 g/mol. The molecule has 0 aliphatic rings. The number of carbonyl (C=O) groups excluding carboxylic acids is 1. The number of para-hydroxylation sites is 1. The SMILES string of the molecule is CN(C)CCC(CNC(N)=O)c1cn(C)c2ccccc12. The molecular formula is C16H24N4O. The van der Waals surface area contributed by atoms with Gasteiger partial charge in [-0.15, -0.1) is 0 Å². The minimum Gasteiger partial charge on any atom is -0.352 e. The zero-order chi connectivity index (χ0) is 15.4. The maximum absolute atomic E-state index is 11.0. The molecule has 2 rings (SSSR count). The quantitative estimate of drug-likeness (QED) is 0.852. The summed E-state index contributed by atoms with van der Waals surface area (Å²) in [6.45, 7) is 1.53. The van der Waals surface area contributed by atoms with Crippen LogP contribution in [0.3, 0.4) is 0 Å². The number of carbonyl (C=O) groups is 1. The Morgan fingerprint density at radius 3 is 2.76 bits per heavy atom. The molecule has 5 heteroatoms. The van der Waals surface area contributed by atoms with E-state index < -0.39 is 6.03 Å². The summed E-state index contributed by atoms with van der Waals surface area (Å²) >= 11 is 0. The van der Waals surface area contributed by atoms with Gasteiger partial charge in [0.2, 0.25) is 0 Å². The first-order valence-electron chi connectivity index (χ1n) is 7.21. The van der Waals surface area contributed by atoms with Crippen LogP contribution in [0, 0.1) is 0 Å². The molecule has 2 aromatic rings. The number of hydrogen-bond acceptors (Lipinski definition) is 2. The second-order valence-electron chi connectivity index (χ2n) is 5.75. The highest BCUT2D eigenvalue weighted by Crippen LogP contribution is 2.29. The van der Waals surface area contributed by atoms with Gasteiger partial charge < -0.3 is 20.5 Å². The molecule has 114 valence electrons. The van der Waals surface area contributed by atoms with Crippen molar-refractivity contribution in [1.29, 1.82) is 0 Å². The highest BCUT2D eigenvalue weighted by Gasteiger charge is 2.17. The van der Waals surface area contributed by atoms with E-state index in [1.807, 2.05) is 6.07 Å². The van der Waals surface area contributed by atoms with Crippen LogP contribution in [0.4, 0.5) is 4.79 Å². The third kappa shape index (κ3) is 3.76. The summed E-state index contributed by atoms with van der Waals surface area (Å²) in [5.41, 5.74) is 7.70. The first kappa shape index (κ1) is 15.4. The van der Waals surface area contributed by atoms with Crippen LogP contribution >= 0.6 is 0 Å². The van der Waals surface area contributed by atoms with Crippen molar-refractivity contribution < 1.29 is 4.79 Å². The topological polar surface area (TPSA) is 63.3 Å². The first-order chi connectivity index (χ1) is 9.99. The number of rotatable bonds is 6. The standard InChI is InChI=1S/C16H24N4O/c1-19(2)9-8-12(10-18-16(17)21)14-11-20(3)15-7-5-4-6-13(14)15/h4-7,11-12H,8-10H2,1-3H3,(H3,17,18,21). The van der Waals surface area contributed by atoms with Crippen LogP contribution in [0.2, 0.25) is 0 Å². The molecule has 1 aromatic heterocycles. The van der Waals surface area contributed by atoms with E-state index in [-0.39, 0.29) is 5.92 Å². The predicted octanol–water partition coefficient (Wildman–Crippen LogP) is 1.88. The van der Waals surface area contributed by atoms with Gasteiger partial charge in [0.05, 0.1) is 0 Å². The molecule has 0 spiro atoms. The van der Waals surface area contributed by atoms with Crippen molar-refractivity contribution >= 4 is 16.9 Å². The van der Waals surface area contributed by atoms with E-state index >= 15 is 0 Å². The Hall–Kier alpha value is -2.01. The van der Waals surface area contributed by atoms with Crippen LogP contribution in [0.5, 0.6) is 0 Å². The number of amides is 2.